The molecule has 26 heavy (non-hydrogen) atoms. The Hall–Kier alpha value is -2.14. The van der Waals surface area contributed by atoms with Gasteiger partial charge in [-0.1, -0.05) is 53.2 Å². The predicted octanol–water partition coefficient (Wildman–Crippen LogP) is 4.56. The average molecular weight is 415 g/mol. The number of benzene rings is 2. The lowest BCUT2D eigenvalue weighted by Crippen LogP contribution is -2.30. The Labute approximate surface area is 162 Å². The molecule has 1 fully saturated rings. The Morgan fingerprint density at radius 3 is 2.69 bits per heavy atom. The van der Waals surface area contributed by atoms with Crippen molar-refractivity contribution in [2.24, 2.45) is 5.92 Å². The van der Waals surface area contributed by atoms with Crippen LogP contribution in [0.4, 0.5) is 5.69 Å². The lowest BCUT2D eigenvalue weighted by Gasteiger charge is -2.25. The Morgan fingerprint density at radius 2 is 2.00 bits per heavy atom. The monoisotopic (exact) mass is 414 g/mol. The SMILES string of the molecule is CCc1cc(Br)ccc1NC(=O)[C@H]1CC(=O)N([C@@H](C)c2ccccc2)C1. The highest BCUT2D eigenvalue weighted by molar-refractivity contribution is 9.10. The molecule has 1 aliphatic heterocycles. The van der Waals surface area contributed by atoms with Crippen LogP contribution in [0.15, 0.2) is 53.0 Å². The molecule has 1 aliphatic rings. The van der Waals surface area contributed by atoms with Gasteiger partial charge in [-0.25, -0.2) is 0 Å². The van der Waals surface area contributed by atoms with Gasteiger partial charge in [-0.3, -0.25) is 9.59 Å². The lowest BCUT2D eigenvalue weighted by molar-refractivity contribution is -0.129. The molecule has 0 spiro atoms. The highest BCUT2D eigenvalue weighted by Gasteiger charge is 2.37. The van der Waals surface area contributed by atoms with Crippen molar-refractivity contribution in [2.45, 2.75) is 32.7 Å². The zero-order valence-corrected chi connectivity index (χ0v) is 16.6. The quantitative estimate of drug-likeness (QED) is 0.779. The third-order valence-electron chi connectivity index (χ3n) is 4.98. The normalized spacial score (nSPS) is 18.0. The summed E-state index contributed by atoms with van der Waals surface area (Å²) in [6.45, 7) is 4.52. The predicted molar refractivity (Wildman–Crippen MR) is 107 cm³/mol. The van der Waals surface area contributed by atoms with Crippen LogP contribution in [0.2, 0.25) is 0 Å². The third kappa shape index (κ3) is 3.98. The molecule has 0 aliphatic carbocycles. The fourth-order valence-electron chi connectivity index (χ4n) is 3.40. The maximum absolute atomic E-state index is 12.7. The van der Waals surface area contributed by atoms with E-state index in [-0.39, 0.29) is 30.2 Å². The summed E-state index contributed by atoms with van der Waals surface area (Å²) in [5, 5.41) is 3.01. The zero-order chi connectivity index (χ0) is 18.7. The van der Waals surface area contributed by atoms with E-state index in [1.54, 1.807) is 0 Å². The summed E-state index contributed by atoms with van der Waals surface area (Å²) in [5.74, 6) is -0.367. The molecular weight excluding hydrogens is 392 g/mol. The molecule has 0 unspecified atom stereocenters. The van der Waals surface area contributed by atoms with Crippen LogP contribution >= 0.6 is 15.9 Å². The van der Waals surface area contributed by atoms with Gasteiger partial charge in [0, 0.05) is 23.1 Å². The van der Waals surface area contributed by atoms with Crippen LogP contribution in [0.5, 0.6) is 0 Å². The van der Waals surface area contributed by atoms with E-state index in [1.807, 2.05) is 60.4 Å². The van der Waals surface area contributed by atoms with Gasteiger partial charge in [0.15, 0.2) is 0 Å². The third-order valence-corrected chi connectivity index (χ3v) is 5.48. The minimum atomic E-state index is -0.318. The second-order valence-corrected chi connectivity index (χ2v) is 7.59. The zero-order valence-electron chi connectivity index (χ0n) is 15.0. The molecule has 2 aromatic carbocycles. The highest BCUT2D eigenvalue weighted by Crippen LogP contribution is 2.30. The van der Waals surface area contributed by atoms with Crippen molar-refractivity contribution >= 4 is 33.4 Å². The van der Waals surface area contributed by atoms with Crippen LogP contribution in [0, 0.1) is 5.92 Å². The largest absolute Gasteiger partial charge is 0.335 e. The molecule has 1 saturated heterocycles. The molecule has 3 rings (SSSR count). The fourth-order valence-corrected chi connectivity index (χ4v) is 3.81. The first-order valence-corrected chi connectivity index (χ1v) is 9.72. The first-order chi connectivity index (χ1) is 12.5. The van der Waals surface area contributed by atoms with Crippen LogP contribution in [-0.4, -0.2) is 23.3 Å². The standard InChI is InChI=1S/C21H23BrN2O2/c1-3-15-11-18(22)9-10-19(15)23-21(26)17-12-20(25)24(13-17)14(2)16-7-5-4-6-8-16/h4-11,14,17H,3,12-13H2,1-2H3,(H,23,26)/t14-,17-/m0/s1. The Morgan fingerprint density at radius 1 is 1.27 bits per heavy atom. The minimum Gasteiger partial charge on any atom is -0.335 e. The number of nitrogens with one attached hydrogen (secondary N) is 1. The van der Waals surface area contributed by atoms with Crippen molar-refractivity contribution < 1.29 is 9.59 Å². The van der Waals surface area contributed by atoms with Gasteiger partial charge >= 0.3 is 0 Å². The number of rotatable bonds is 5. The van der Waals surface area contributed by atoms with E-state index in [0.717, 1.165) is 27.7 Å². The number of carbonyl (C=O) groups excluding carboxylic acids is 2. The second kappa shape index (κ2) is 8.04. The lowest BCUT2D eigenvalue weighted by atomic mass is 10.1. The molecule has 1 N–H and O–H groups in total. The molecular formula is C21H23BrN2O2. The first-order valence-electron chi connectivity index (χ1n) is 8.93. The van der Waals surface area contributed by atoms with Gasteiger partial charge in [0.05, 0.1) is 12.0 Å². The molecule has 0 bridgehead atoms. The summed E-state index contributed by atoms with van der Waals surface area (Å²) in [7, 11) is 0. The average Bonchev–Trinajstić information content (AvgIpc) is 3.05. The van der Waals surface area contributed by atoms with Crippen molar-refractivity contribution in [3.63, 3.8) is 0 Å². The van der Waals surface area contributed by atoms with Gasteiger partial charge in [0.1, 0.15) is 0 Å². The Bertz CT molecular complexity index is 807. The van der Waals surface area contributed by atoms with E-state index < -0.39 is 0 Å². The topological polar surface area (TPSA) is 49.4 Å². The van der Waals surface area contributed by atoms with Crippen LogP contribution in [0.1, 0.15) is 37.4 Å². The number of hydrogen-bond acceptors (Lipinski definition) is 2. The maximum Gasteiger partial charge on any atom is 0.229 e. The van der Waals surface area contributed by atoms with Crippen LogP contribution < -0.4 is 5.32 Å². The van der Waals surface area contributed by atoms with Crippen molar-refractivity contribution in [1.82, 2.24) is 4.90 Å². The fraction of sp³-hybridized carbons (Fsp3) is 0.333. The summed E-state index contributed by atoms with van der Waals surface area (Å²) in [6, 6.07) is 15.7. The molecule has 0 aromatic heterocycles. The van der Waals surface area contributed by atoms with Crippen molar-refractivity contribution in [1.29, 1.82) is 0 Å². The van der Waals surface area contributed by atoms with E-state index in [0.29, 0.717) is 6.54 Å². The Kier molecular flexibility index (Phi) is 5.77. The molecule has 2 aromatic rings. The number of aryl methyl sites for hydroxylation is 1. The van der Waals surface area contributed by atoms with E-state index in [4.69, 9.17) is 0 Å². The van der Waals surface area contributed by atoms with Crippen molar-refractivity contribution in [3.05, 3.63) is 64.1 Å². The number of amides is 2. The highest BCUT2D eigenvalue weighted by atomic mass is 79.9. The number of anilines is 1. The number of nitrogens with zero attached hydrogens (tertiary/aromatic N) is 1. The van der Waals surface area contributed by atoms with Crippen LogP contribution in [-0.2, 0) is 16.0 Å². The maximum atomic E-state index is 12.7. The van der Waals surface area contributed by atoms with Gasteiger partial charge in [-0.2, -0.15) is 0 Å². The summed E-state index contributed by atoms with van der Waals surface area (Å²) >= 11 is 3.46. The van der Waals surface area contributed by atoms with Gasteiger partial charge < -0.3 is 10.2 Å². The number of carbonyl (C=O) groups is 2. The van der Waals surface area contributed by atoms with Crippen LogP contribution in [0.3, 0.4) is 0 Å². The molecule has 136 valence electrons. The van der Waals surface area contributed by atoms with Crippen molar-refractivity contribution in [2.75, 3.05) is 11.9 Å². The van der Waals surface area contributed by atoms with E-state index >= 15 is 0 Å². The summed E-state index contributed by atoms with van der Waals surface area (Å²) < 4.78 is 0.992. The number of hydrogen-bond donors (Lipinski definition) is 1. The second-order valence-electron chi connectivity index (χ2n) is 6.68. The van der Waals surface area contributed by atoms with Gasteiger partial charge in [0.25, 0.3) is 0 Å². The molecule has 2 amide bonds. The number of likely N-dealkylation sites (tertiary alicyclic amines) is 1. The van der Waals surface area contributed by atoms with Gasteiger partial charge in [-0.05, 0) is 42.7 Å². The molecule has 0 saturated carbocycles. The van der Waals surface area contributed by atoms with E-state index in [2.05, 4.69) is 28.2 Å². The molecule has 0 radical (unpaired) electrons. The van der Waals surface area contributed by atoms with E-state index in [9.17, 15) is 9.59 Å². The Balaban J connectivity index is 1.69. The molecule has 2 atom stereocenters. The van der Waals surface area contributed by atoms with Crippen molar-refractivity contribution in [3.8, 4) is 0 Å². The molecule has 1 heterocycles. The minimum absolute atomic E-state index is 0.0274. The summed E-state index contributed by atoms with van der Waals surface area (Å²) in [4.78, 5) is 27.0. The number of halogens is 1. The first kappa shape index (κ1) is 18.6. The molecule has 4 nitrogen and oxygen atoms in total. The summed E-state index contributed by atoms with van der Waals surface area (Å²) in [5.41, 5.74) is 2.98. The van der Waals surface area contributed by atoms with E-state index in [1.165, 1.54) is 0 Å². The molecule has 5 heteroatoms. The van der Waals surface area contributed by atoms with Crippen LogP contribution in [0.25, 0.3) is 0 Å². The van der Waals surface area contributed by atoms with Gasteiger partial charge in [-0.15, -0.1) is 0 Å². The smallest absolute Gasteiger partial charge is 0.229 e. The summed E-state index contributed by atoms with van der Waals surface area (Å²) in [6.07, 6.45) is 1.09. The van der Waals surface area contributed by atoms with Gasteiger partial charge in [0.2, 0.25) is 11.8 Å².